The van der Waals surface area contributed by atoms with Gasteiger partial charge in [0.15, 0.2) is 6.10 Å². The van der Waals surface area contributed by atoms with Crippen molar-refractivity contribution in [3.8, 4) is 0 Å². The van der Waals surface area contributed by atoms with Gasteiger partial charge in [0.05, 0.1) is 6.04 Å². The number of hydrogen-bond acceptors (Lipinski definition) is 2. The van der Waals surface area contributed by atoms with E-state index >= 15 is 0 Å². The van der Waals surface area contributed by atoms with E-state index in [0.29, 0.717) is 6.04 Å². The third kappa shape index (κ3) is 0.351. The highest BCUT2D eigenvalue weighted by molar-refractivity contribution is 5.88. The number of nitrogens with one attached hydrogen (secondary N) is 1. The van der Waals surface area contributed by atoms with Gasteiger partial charge in [0, 0.05) is 6.61 Å². The molecule has 0 unspecified atom stereocenters. The van der Waals surface area contributed by atoms with Gasteiger partial charge in [0.1, 0.15) is 0 Å². The van der Waals surface area contributed by atoms with Gasteiger partial charge in [-0.3, -0.25) is 4.79 Å². The summed E-state index contributed by atoms with van der Waals surface area (Å²) in [4.78, 5) is 10.5. The molecule has 0 aromatic carbocycles. The molecule has 1 amide bonds. The summed E-state index contributed by atoms with van der Waals surface area (Å²) in [5.74, 6) is 0.0625. The maximum Gasteiger partial charge on any atom is 0.251 e. The summed E-state index contributed by atoms with van der Waals surface area (Å²) >= 11 is 0. The Bertz CT molecular complexity index is 134. The predicted molar refractivity (Wildman–Crippen MR) is 26.3 cm³/mol. The Hall–Kier alpha value is -0.570. The van der Waals surface area contributed by atoms with Crippen LogP contribution in [0.4, 0.5) is 0 Å². The summed E-state index contributed by atoms with van der Waals surface area (Å²) in [6, 6.07) is 0.350. The summed E-state index contributed by atoms with van der Waals surface area (Å²) in [6.07, 6.45) is 0.908. The Labute approximate surface area is 47.0 Å². The highest BCUT2D eigenvalue weighted by Crippen LogP contribution is 2.20. The summed E-state index contributed by atoms with van der Waals surface area (Å²) in [5, 5.41) is 2.74. The highest BCUT2D eigenvalue weighted by Gasteiger charge is 2.43. The van der Waals surface area contributed by atoms with E-state index in [1.165, 1.54) is 0 Å². The number of hydrogen-bond donors (Lipinski definition) is 1. The first-order chi connectivity index (χ1) is 3.88. The molecule has 1 N–H and O–H groups in total. The monoisotopic (exact) mass is 113 g/mol. The molecule has 8 heavy (non-hydrogen) atoms. The topological polar surface area (TPSA) is 38.3 Å². The van der Waals surface area contributed by atoms with Crippen LogP contribution in [0, 0.1) is 0 Å². The first-order valence-electron chi connectivity index (χ1n) is 2.80. The second-order valence-electron chi connectivity index (χ2n) is 2.20. The van der Waals surface area contributed by atoms with E-state index in [1.807, 2.05) is 0 Å². The van der Waals surface area contributed by atoms with Crippen LogP contribution in [-0.4, -0.2) is 24.7 Å². The van der Waals surface area contributed by atoms with Crippen LogP contribution in [0.1, 0.15) is 6.42 Å². The van der Waals surface area contributed by atoms with Crippen LogP contribution in [-0.2, 0) is 9.53 Å². The normalized spacial score (nSPS) is 42.8. The van der Waals surface area contributed by atoms with Gasteiger partial charge >= 0.3 is 0 Å². The van der Waals surface area contributed by atoms with Crippen molar-refractivity contribution in [3.63, 3.8) is 0 Å². The highest BCUT2D eigenvalue weighted by atomic mass is 16.5. The second kappa shape index (κ2) is 1.23. The van der Waals surface area contributed by atoms with E-state index in [1.54, 1.807) is 0 Å². The minimum absolute atomic E-state index is 0.0625. The van der Waals surface area contributed by atoms with Gasteiger partial charge in [-0.05, 0) is 6.42 Å². The lowest BCUT2D eigenvalue weighted by molar-refractivity contribution is -0.140. The first kappa shape index (κ1) is 4.32. The minimum Gasteiger partial charge on any atom is -0.366 e. The van der Waals surface area contributed by atoms with Crippen LogP contribution >= 0.6 is 0 Å². The molecule has 0 radical (unpaired) electrons. The fraction of sp³-hybridized carbons (Fsp3) is 0.800. The molecule has 2 heterocycles. The fourth-order valence-electron chi connectivity index (χ4n) is 1.16. The van der Waals surface area contributed by atoms with Gasteiger partial charge in [-0.2, -0.15) is 0 Å². The van der Waals surface area contributed by atoms with E-state index in [0.717, 1.165) is 13.0 Å². The van der Waals surface area contributed by atoms with Gasteiger partial charge in [-0.15, -0.1) is 0 Å². The second-order valence-corrected chi connectivity index (χ2v) is 2.20. The van der Waals surface area contributed by atoms with Crippen LogP contribution < -0.4 is 5.32 Å². The number of β-lactam (4-membered cyclic amide) rings is 1. The molecular weight excluding hydrogens is 106 g/mol. The third-order valence-corrected chi connectivity index (χ3v) is 1.68. The molecule has 0 spiro atoms. The lowest BCUT2D eigenvalue weighted by Gasteiger charge is -2.28. The average Bonchev–Trinajstić information content (AvgIpc) is 2.09. The van der Waals surface area contributed by atoms with Crippen LogP contribution in [0.25, 0.3) is 0 Å². The average molecular weight is 113 g/mol. The van der Waals surface area contributed by atoms with E-state index in [9.17, 15) is 4.79 Å². The number of rotatable bonds is 0. The van der Waals surface area contributed by atoms with E-state index in [4.69, 9.17) is 4.74 Å². The van der Waals surface area contributed by atoms with E-state index < -0.39 is 0 Å². The molecule has 2 rings (SSSR count). The first-order valence-corrected chi connectivity index (χ1v) is 2.80. The molecule has 2 saturated heterocycles. The molecule has 3 nitrogen and oxygen atoms in total. The molecule has 2 fully saturated rings. The molecule has 44 valence electrons. The molecule has 0 aliphatic carbocycles. The van der Waals surface area contributed by atoms with Crippen molar-refractivity contribution in [2.45, 2.75) is 18.6 Å². The number of ether oxygens (including phenoxy) is 1. The summed E-state index contributed by atoms with van der Waals surface area (Å²) in [5.41, 5.74) is 0. The summed E-state index contributed by atoms with van der Waals surface area (Å²) < 4.78 is 5.05. The Morgan fingerprint density at radius 2 is 2.62 bits per heavy atom. The maximum atomic E-state index is 10.5. The number of carbonyl (C=O) groups excluding carboxylic acids is 1. The van der Waals surface area contributed by atoms with E-state index in [-0.39, 0.29) is 12.0 Å². The molecule has 0 aromatic heterocycles. The van der Waals surface area contributed by atoms with Crippen molar-refractivity contribution in [1.82, 2.24) is 5.32 Å². The predicted octanol–water partition coefficient (Wildman–Crippen LogP) is -0.726. The van der Waals surface area contributed by atoms with Crippen molar-refractivity contribution < 1.29 is 9.53 Å². The van der Waals surface area contributed by atoms with Gasteiger partial charge in [0.2, 0.25) is 0 Å². The molecule has 0 bridgehead atoms. The third-order valence-electron chi connectivity index (χ3n) is 1.68. The molecule has 3 heteroatoms. The summed E-state index contributed by atoms with van der Waals surface area (Å²) in [7, 11) is 0. The number of fused-ring (bicyclic) bond motifs is 1. The smallest absolute Gasteiger partial charge is 0.251 e. The van der Waals surface area contributed by atoms with Gasteiger partial charge < -0.3 is 10.1 Å². The van der Waals surface area contributed by atoms with E-state index in [2.05, 4.69) is 5.32 Å². The molecule has 2 atom stereocenters. The van der Waals surface area contributed by atoms with Gasteiger partial charge in [-0.1, -0.05) is 0 Å². The number of carbonyl (C=O) groups is 1. The molecule has 2 aliphatic heterocycles. The van der Waals surface area contributed by atoms with Crippen LogP contribution in [0.2, 0.25) is 0 Å². The number of amides is 1. The van der Waals surface area contributed by atoms with Crippen LogP contribution in [0.15, 0.2) is 0 Å². The summed E-state index contributed by atoms with van der Waals surface area (Å²) in [6.45, 7) is 0.744. The van der Waals surface area contributed by atoms with Crippen molar-refractivity contribution in [3.05, 3.63) is 0 Å². The zero-order valence-electron chi connectivity index (χ0n) is 4.39. The SMILES string of the molecule is O=C1N[C@H]2CCO[C@@H]12. The van der Waals surface area contributed by atoms with Gasteiger partial charge in [-0.25, -0.2) is 0 Å². The van der Waals surface area contributed by atoms with Crippen molar-refractivity contribution in [2.75, 3.05) is 6.61 Å². The van der Waals surface area contributed by atoms with Crippen molar-refractivity contribution in [1.29, 1.82) is 0 Å². The largest absolute Gasteiger partial charge is 0.366 e. The quantitative estimate of drug-likeness (QED) is 0.421. The Morgan fingerprint density at radius 1 is 1.75 bits per heavy atom. The lowest BCUT2D eigenvalue weighted by atomic mass is 10.0. The lowest BCUT2D eigenvalue weighted by Crippen LogP contribution is -2.59. The Balaban J connectivity index is 2.11. The Kier molecular flexibility index (Phi) is 0.663. The van der Waals surface area contributed by atoms with Crippen molar-refractivity contribution >= 4 is 5.91 Å². The van der Waals surface area contributed by atoms with Crippen LogP contribution in [0.5, 0.6) is 0 Å². The Morgan fingerprint density at radius 3 is 3.12 bits per heavy atom. The zero-order valence-corrected chi connectivity index (χ0v) is 4.39. The molecule has 0 aromatic rings. The fourth-order valence-corrected chi connectivity index (χ4v) is 1.16. The minimum atomic E-state index is -0.0880. The maximum absolute atomic E-state index is 10.5. The van der Waals surface area contributed by atoms with Gasteiger partial charge in [0.25, 0.3) is 5.91 Å². The van der Waals surface area contributed by atoms with Crippen molar-refractivity contribution in [2.24, 2.45) is 0 Å². The molecule has 0 saturated carbocycles. The standard InChI is InChI=1S/C5H7NO2/c7-5-4-3(6-5)1-2-8-4/h3-4H,1-2H2,(H,6,7)/t3-,4+/m0/s1. The molecule has 2 aliphatic rings. The zero-order chi connectivity index (χ0) is 5.56. The molecular formula is C5H7NO2. The van der Waals surface area contributed by atoms with Crippen LogP contribution in [0.3, 0.4) is 0 Å².